The van der Waals surface area contributed by atoms with Crippen LogP contribution in [0.2, 0.25) is 0 Å². The van der Waals surface area contributed by atoms with Gasteiger partial charge in [0.25, 0.3) is 0 Å². The van der Waals surface area contributed by atoms with Crippen LogP contribution in [0.25, 0.3) is 16.7 Å². The molecule has 0 saturated carbocycles. The van der Waals surface area contributed by atoms with Gasteiger partial charge in [-0.1, -0.05) is 67.6 Å². The fraction of sp³-hybridized carbons (Fsp3) is 0.120. The number of hydrogen-bond acceptors (Lipinski definition) is 5. The molecule has 5 aromatic rings. The van der Waals surface area contributed by atoms with Crippen molar-refractivity contribution >= 4 is 28.3 Å². The molecule has 0 aliphatic rings. The highest BCUT2D eigenvalue weighted by molar-refractivity contribution is 6.10. The van der Waals surface area contributed by atoms with Gasteiger partial charge in [-0.25, -0.2) is 4.98 Å². The lowest BCUT2D eigenvalue weighted by Gasteiger charge is -2.14. The zero-order valence-corrected chi connectivity index (χ0v) is 17.1. The average Bonchev–Trinajstić information content (AvgIpc) is 3.33. The molecule has 5 rings (SSSR count). The third-order valence-corrected chi connectivity index (χ3v) is 5.47. The zero-order chi connectivity index (χ0) is 21.2. The second-order valence-corrected chi connectivity index (χ2v) is 7.58. The molecule has 0 fully saturated rings. The van der Waals surface area contributed by atoms with E-state index in [4.69, 9.17) is 4.98 Å². The van der Waals surface area contributed by atoms with Crippen molar-refractivity contribution in [3.63, 3.8) is 0 Å². The summed E-state index contributed by atoms with van der Waals surface area (Å²) in [5.74, 6) is 0.963. The second-order valence-electron chi connectivity index (χ2n) is 7.58. The van der Waals surface area contributed by atoms with E-state index in [-0.39, 0.29) is 5.78 Å². The standard InChI is InChI=1S/C25H21N5O/c1-17(18-8-4-2-5-9-18)15-26-24-25-29-27-16-30(25)22-14-20(12-13-21(22)28-24)23(31)19-10-6-3-7-11-19/h2-14,16-17H,15H2,1H3,(H,26,28)/t17-/m1/s1. The molecule has 0 aliphatic heterocycles. The van der Waals surface area contributed by atoms with E-state index in [9.17, 15) is 4.79 Å². The molecular formula is C25H21N5O. The minimum Gasteiger partial charge on any atom is -0.366 e. The van der Waals surface area contributed by atoms with Crippen molar-refractivity contribution in [2.45, 2.75) is 12.8 Å². The Bertz CT molecular complexity index is 1360. The van der Waals surface area contributed by atoms with E-state index in [0.717, 1.165) is 17.6 Å². The van der Waals surface area contributed by atoms with Gasteiger partial charge in [-0.15, -0.1) is 10.2 Å². The van der Waals surface area contributed by atoms with Crippen LogP contribution in [-0.4, -0.2) is 31.9 Å². The second kappa shape index (κ2) is 7.99. The summed E-state index contributed by atoms with van der Waals surface area (Å²) < 4.78 is 1.87. The molecular weight excluding hydrogens is 386 g/mol. The van der Waals surface area contributed by atoms with Gasteiger partial charge < -0.3 is 5.32 Å². The fourth-order valence-electron chi connectivity index (χ4n) is 3.72. The van der Waals surface area contributed by atoms with Gasteiger partial charge in [0.05, 0.1) is 11.0 Å². The van der Waals surface area contributed by atoms with E-state index in [1.54, 1.807) is 6.33 Å². The van der Waals surface area contributed by atoms with Crippen molar-refractivity contribution in [2.24, 2.45) is 0 Å². The third-order valence-electron chi connectivity index (χ3n) is 5.47. The number of carbonyl (C=O) groups is 1. The first-order valence-electron chi connectivity index (χ1n) is 10.2. The molecule has 152 valence electrons. The first-order chi connectivity index (χ1) is 15.2. The maximum atomic E-state index is 12.9. The summed E-state index contributed by atoms with van der Waals surface area (Å²) in [6, 6.07) is 25.2. The van der Waals surface area contributed by atoms with Gasteiger partial charge in [-0.2, -0.15) is 0 Å². The smallest absolute Gasteiger partial charge is 0.203 e. The average molecular weight is 407 g/mol. The number of nitrogens with one attached hydrogen (secondary N) is 1. The van der Waals surface area contributed by atoms with Crippen LogP contribution in [0.4, 0.5) is 5.82 Å². The Kier molecular flexibility index (Phi) is 4.88. The Morgan fingerprint density at radius 2 is 1.71 bits per heavy atom. The molecule has 2 aromatic heterocycles. The quantitative estimate of drug-likeness (QED) is 0.412. The highest BCUT2D eigenvalue weighted by Gasteiger charge is 2.15. The topological polar surface area (TPSA) is 72.2 Å². The number of ketones is 1. The molecule has 0 aliphatic carbocycles. The summed E-state index contributed by atoms with van der Waals surface area (Å²) in [6.07, 6.45) is 1.65. The van der Waals surface area contributed by atoms with Gasteiger partial charge in [0, 0.05) is 17.7 Å². The van der Waals surface area contributed by atoms with Crippen molar-refractivity contribution < 1.29 is 4.79 Å². The Morgan fingerprint density at radius 1 is 0.968 bits per heavy atom. The third kappa shape index (κ3) is 3.64. The molecule has 0 unspecified atom stereocenters. The Labute approximate surface area is 179 Å². The first kappa shape index (κ1) is 18.9. The summed E-state index contributed by atoms with van der Waals surface area (Å²) in [5.41, 5.74) is 4.72. The molecule has 3 aromatic carbocycles. The van der Waals surface area contributed by atoms with E-state index in [2.05, 4.69) is 34.6 Å². The number of carbonyl (C=O) groups excluding carboxylic acids is 1. The molecule has 0 amide bonds. The minimum atomic E-state index is -0.0254. The van der Waals surface area contributed by atoms with Crippen molar-refractivity contribution in [1.82, 2.24) is 19.6 Å². The molecule has 6 heteroatoms. The van der Waals surface area contributed by atoms with Crippen LogP contribution < -0.4 is 5.32 Å². The van der Waals surface area contributed by atoms with Gasteiger partial charge in [-0.3, -0.25) is 9.20 Å². The van der Waals surface area contributed by atoms with Gasteiger partial charge in [0.15, 0.2) is 11.6 Å². The van der Waals surface area contributed by atoms with Crippen molar-refractivity contribution in [1.29, 1.82) is 0 Å². The van der Waals surface area contributed by atoms with E-state index in [0.29, 0.717) is 28.5 Å². The summed E-state index contributed by atoms with van der Waals surface area (Å²) in [6.45, 7) is 2.89. The summed E-state index contributed by atoms with van der Waals surface area (Å²) >= 11 is 0. The summed E-state index contributed by atoms with van der Waals surface area (Å²) in [5, 5.41) is 11.8. The van der Waals surface area contributed by atoms with Crippen LogP contribution in [0.1, 0.15) is 34.3 Å². The Balaban J connectivity index is 1.49. The zero-order valence-electron chi connectivity index (χ0n) is 17.1. The van der Waals surface area contributed by atoms with E-state index >= 15 is 0 Å². The lowest BCUT2D eigenvalue weighted by Crippen LogP contribution is -2.12. The molecule has 0 spiro atoms. The molecule has 1 atom stereocenters. The van der Waals surface area contributed by atoms with Crippen molar-refractivity contribution in [3.8, 4) is 0 Å². The van der Waals surface area contributed by atoms with Gasteiger partial charge in [0.1, 0.15) is 6.33 Å². The number of rotatable bonds is 6. The van der Waals surface area contributed by atoms with E-state index in [1.807, 2.05) is 71.1 Å². The lowest BCUT2D eigenvalue weighted by molar-refractivity contribution is 0.103. The Morgan fingerprint density at radius 3 is 2.48 bits per heavy atom. The highest BCUT2D eigenvalue weighted by Crippen LogP contribution is 2.23. The number of benzene rings is 3. The van der Waals surface area contributed by atoms with Crippen LogP contribution in [0.5, 0.6) is 0 Å². The summed E-state index contributed by atoms with van der Waals surface area (Å²) in [7, 11) is 0. The SMILES string of the molecule is C[C@H](CNc1nc2ccc(C(=O)c3ccccc3)cc2n2cnnc12)c1ccccc1. The minimum absolute atomic E-state index is 0.0254. The monoisotopic (exact) mass is 407 g/mol. The molecule has 31 heavy (non-hydrogen) atoms. The maximum absolute atomic E-state index is 12.9. The van der Waals surface area contributed by atoms with E-state index < -0.39 is 0 Å². The molecule has 2 heterocycles. The van der Waals surface area contributed by atoms with Crippen LogP contribution in [0.15, 0.2) is 85.2 Å². The molecule has 0 saturated heterocycles. The number of fused-ring (bicyclic) bond motifs is 3. The Hall–Kier alpha value is -4.06. The predicted molar refractivity (Wildman–Crippen MR) is 122 cm³/mol. The van der Waals surface area contributed by atoms with Crippen molar-refractivity contribution in [3.05, 3.63) is 102 Å². The predicted octanol–water partition coefficient (Wildman–Crippen LogP) is 4.72. The van der Waals surface area contributed by atoms with Crippen LogP contribution >= 0.6 is 0 Å². The number of anilines is 1. The molecule has 0 radical (unpaired) electrons. The maximum Gasteiger partial charge on any atom is 0.203 e. The number of aromatic nitrogens is 4. The highest BCUT2D eigenvalue weighted by atomic mass is 16.1. The number of hydrogen-bond donors (Lipinski definition) is 1. The van der Waals surface area contributed by atoms with Gasteiger partial charge >= 0.3 is 0 Å². The van der Waals surface area contributed by atoms with Crippen LogP contribution in [0, 0.1) is 0 Å². The van der Waals surface area contributed by atoms with E-state index in [1.165, 1.54) is 5.56 Å². The largest absolute Gasteiger partial charge is 0.366 e. The number of nitrogens with zero attached hydrogens (tertiary/aromatic N) is 4. The van der Waals surface area contributed by atoms with Crippen LogP contribution in [0.3, 0.4) is 0 Å². The van der Waals surface area contributed by atoms with Gasteiger partial charge in [0.2, 0.25) is 5.65 Å². The molecule has 0 bridgehead atoms. The van der Waals surface area contributed by atoms with Crippen LogP contribution in [-0.2, 0) is 0 Å². The first-order valence-corrected chi connectivity index (χ1v) is 10.2. The molecule has 6 nitrogen and oxygen atoms in total. The normalized spacial score (nSPS) is 12.2. The lowest BCUT2D eigenvalue weighted by atomic mass is 10.0. The fourth-order valence-corrected chi connectivity index (χ4v) is 3.72. The van der Waals surface area contributed by atoms with Crippen molar-refractivity contribution in [2.75, 3.05) is 11.9 Å². The summed E-state index contributed by atoms with van der Waals surface area (Å²) in [4.78, 5) is 17.6. The van der Waals surface area contributed by atoms with Gasteiger partial charge in [-0.05, 0) is 29.7 Å². The molecule has 1 N–H and O–H groups in total.